The van der Waals surface area contributed by atoms with Gasteiger partial charge in [0.05, 0.1) is 6.54 Å². The van der Waals surface area contributed by atoms with E-state index < -0.39 is 0 Å². The molecule has 0 saturated heterocycles. The third kappa shape index (κ3) is 3.25. The van der Waals surface area contributed by atoms with Crippen LogP contribution < -0.4 is 0 Å². The summed E-state index contributed by atoms with van der Waals surface area (Å²) in [5.74, 6) is -0.276. The summed E-state index contributed by atoms with van der Waals surface area (Å²) in [4.78, 5) is 21.9. The van der Waals surface area contributed by atoms with E-state index in [-0.39, 0.29) is 12.5 Å². The number of carbonyl (C=O) groups excluding carboxylic acids is 2. The van der Waals surface area contributed by atoms with Crippen molar-refractivity contribution in [3.8, 4) is 0 Å². The van der Waals surface area contributed by atoms with Gasteiger partial charge in [-0.3, -0.25) is 4.79 Å². The zero-order chi connectivity index (χ0) is 7.98. The Balaban J connectivity index is 3.81. The minimum absolute atomic E-state index is 0.0973. The van der Waals surface area contributed by atoms with Crippen LogP contribution in [-0.4, -0.2) is 30.7 Å². The molecule has 0 heterocycles. The molecule has 0 N–H and O–H groups in total. The maximum Gasteiger partial charge on any atom is 0.247 e. The van der Waals surface area contributed by atoms with Gasteiger partial charge in [-0.25, -0.2) is 0 Å². The van der Waals surface area contributed by atoms with Crippen molar-refractivity contribution in [1.82, 2.24) is 4.90 Å². The zero-order valence-corrected chi connectivity index (χ0v) is 6.34. The molecule has 0 radical (unpaired) electrons. The first-order valence-electron chi connectivity index (χ1n) is 2.68. The van der Waals surface area contributed by atoms with Crippen LogP contribution in [0.2, 0.25) is 0 Å². The minimum Gasteiger partial charge on any atom is -0.335 e. The summed E-state index contributed by atoms with van der Waals surface area (Å²) < 4.78 is 0. The van der Waals surface area contributed by atoms with Gasteiger partial charge in [-0.15, -0.1) is 0 Å². The average Bonchev–Trinajstić information content (AvgIpc) is 1.89. The Bertz CT molecular complexity index is 156. The maximum atomic E-state index is 10.7. The Kier molecular flexibility index (Phi) is 4.58. The Hall–Kier alpha value is -0.830. The van der Waals surface area contributed by atoms with Gasteiger partial charge in [0.25, 0.3) is 0 Å². The molecule has 10 heavy (non-hydrogen) atoms. The van der Waals surface area contributed by atoms with Gasteiger partial charge in [-0.2, -0.15) is 0 Å². The summed E-state index contributed by atoms with van der Waals surface area (Å²) in [6, 6.07) is 0. The number of hydrogen-bond donors (Lipinski definition) is 0. The van der Waals surface area contributed by atoms with Crippen LogP contribution in [0.1, 0.15) is 0 Å². The zero-order valence-electron chi connectivity index (χ0n) is 5.58. The topological polar surface area (TPSA) is 37.4 Å². The maximum absolute atomic E-state index is 10.7. The van der Waals surface area contributed by atoms with Crippen LogP contribution in [0.4, 0.5) is 0 Å². The predicted molar refractivity (Wildman–Crippen MR) is 38.7 cm³/mol. The molecule has 0 atom stereocenters. The van der Waals surface area contributed by atoms with Crippen molar-refractivity contribution in [3.63, 3.8) is 0 Å². The van der Waals surface area contributed by atoms with Gasteiger partial charge in [0.1, 0.15) is 6.29 Å². The molecule has 1 amide bonds. The van der Waals surface area contributed by atoms with Crippen molar-refractivity contribution in [1.29, 1.82) is 0 Å². The summed E-state index contributed by atoms with van der Waals surface area (Å²) >= 11 is 5.12. The minimum atomic E-state index is -0.276. The lowest BCUT2D eigenvalue weighted by atomic mass is 10.5. The number of likely N-dealkylation sites (N-methyl/N-ethyl adjacent to an activating group) is 1. The van der Waals surface area contributed by atoms with Crippen molar-refractivity contribution < 1.29 is 9.59 Å². The van der Waals surface area contributed by atoms with Crippen LogP contribution in [-0.2, 0) is 9.59 Å². The van der Waals surface area contributed by atoms with Gasteiger partial charge in [0, 0.05) is 18.7 Å². The molecule has 56 valence electrons. The Morgan fingerprint density at radius 2 is 2.30 bits per heavy atom. The van der Waals surface area contributed by atoms with Gasteiger partial charge < -0.3 is 9.69 Å². The molecule has 0 aliphatic carbocycles. The molecule has 0 bridgehead atoms. The fourth-order valence-electron chi connectivity index (χ4n) is 0.383. The number of rotatable bonds is 3. The fourth-order valence-corrected chi connectivity index (χ4v) is 0.491. The van der Waals surface area contributed by atoms with Crippen LogP contribution in [0.3, 0.4) is 0 Å². The van der Waals surface area contributed by atoms with Crippen LogP contribution in [0.15, 0.2) is 11.6 Å². The van der Waals surface area contributed by atoms with E-state index in [1.807, 2.05) is 0 Å². The normalized spacial score (nSPS) is 9.80. The van der Waals surface area contributed by atoms with Crippen molar-refractivity contribution >= 4 is 23.8 Å². The highest BCUT2D eigenvalue weighted by Gasteiger charge is 2.01. The number of carbonyl (C=O) groups is 2. The first kappa shape index (κ1) is 9.17. The van der Waals surface area contributed by atoms with E-state index in [0.29, 0.717) is 6.29 Å². The smallest absolute Gasteiger partial charge is 0.247 e. The van der Waals surface area contributed by atoms with E-state index in [2.05, 4.69) is 0 Å². The van der Waals surface area contributed by atoms with E-state index in [0.717, 1.165) is 5.54 Å². The average molecular weight is 162 g/mol. The van der Waals surface area contributed by atoms with Crippen LogP contribution >= 0.6 is 11.6 Å². The summed E-state index contributed by atoms with van der Waals surface area (Å²) in [7, 11) is 1.52. The molecule has 0 aliphatic heterocycles. The highest BCUT2D eigenvalue weighted by molar-refractivity contribution is 6.26. The van der Waals surface area contributed by atoms with Gasteiger partial charge in [-0.05, 0) is 0 Å². The van der Waals surface area contributed by atoms with E-state index in [9.17, 15) is 9.59 Å². The molecule has 4 heteroatoms. The first-order valence-corrected chi connectivity index (χ1v) is 3.11. The second kappa shape index (κ2) is 4.99. The first-order chi connectivity index (χ1) is 4.72. The summed E-state index contributed by atoms with van der Waals surface area (Å²) in [5.41, 5.74) is 1.11. The largest absolute Gasteiger partial charge is 0.335 e. The Labute approximate surface area is 64.3 Å². The monoisotopic (exact) mass is 161 g/mol. The molecule has 3 nitrogen and oxygen atoms in total. The standard InChI is InChI=1S/C6H8ClNO2/c1-8(4-5-9)6(10)2-3-7/h2-3,5H,4H2,1H3/b3-2+. The second-order valence-electron chi connectivity index (χ2n) is 1.68. The summed E-state index contributed by atoms with van der Waals surface area (Å²) in [6.45, 7) is 0.0973. The molecule has 0 rings (SSSR count). The molecule has 0 aromatic heterocycles. The number of amides is 1. The summed E-state index contributed by atoms with van der Waals surface area (Å²) in [5, 5.41) is 0. The lowest BCUT2D eigenvalue weighted by molar-refractivity contribution is -0.127. The van der Waals surface area contributed by atoms with Gasteiger partial charge in [0.15, 0.2) is 0 Å². The molecule has 0 aromatic carbocycles. The lowest BCUT2D eigenvalue weighted by Gasteiger charge is -2.09. The molecule has 0 aromatic rings. The SMILES string of the molecule is CN(CC=O)C(=O)/C=C/Cl. The van der Waals surface area contributed by atoms with Crippen molar-refractivity contribution in [2.24, 2.45) is 0 Å². The Morgan fingerprint density at radius 3 is 2.70 bits per heavy atom. The highest BCUT2D eigenvalue weighted by Crippen LogP contribution is 1.86. The van der Waals surface area contributed by atoms with E-state index in [1.54, 1.807) is 0 Å². The quantitative estimate of drug-likeness (QED) is 0.444. The second-order valence-corrected chi connectivity index (χ2v) is 1.93. The number of nitrogens with zero attached hydrogens (tertiary/aromatic N) is 1. The molecular weight excluding hydrogens is 154 g/mol. The van der Waals surface area contributed by atoms with E-state index >= 15 is 0 Å². The van der Waals surface area contributed by atoms with E-state index in [4.69, 9.17) is 11.6 Å². The van der Waals surface area contributed by atoms with Gasteiger partial charge >= 0.3 is 0 Å². The van der Waals surface area contributed by atoms with Crippen LogP contribution in [0.5, 0.6) is 0 Å². The highest BCUT2D eigenvalue weighted by atomic mass is 35.5. The van der Waals surface area contributed by atoms with Gasteiger partial charge in [0.2, 0.25) is 5.91 Å². The molecule has 0 saturated carbocycles. The molecule has 0 fully saturated rings. The number of halogens is 1. The van der Waals surface area contributed by atoms with Crippen LogP contribution in [0.25, 0.3) is 0 Å². The predicted octanol–water partition coefficient (Wildman–Crippen LogP) is 0.396. The van der Waals surface area contributed by atoms with Gasteiger partial charge in [-0.1, -0.05) is 11.6 Å². The van der Waals surface area contributed by atoms with Crippen molar-refractivity contribution in [3.05, 3.63) is 11.6 Å². The molecular formula is C6H8ClNO2. The van der Waals surface area contributed by atoms with Crippen molar-refractivity contribution in [2.45, 2.75) is 0 Å². The molecule has 0 spiro atoms. The third-order valence-electron chi connectivity index (χ3n) is 0.930. The third-order valence-corrected chi connectivity index (χ3v) is 1.06. The number of aldehydes is 1. The summed E-state index contributed by atoms with van der Waals surface area (Å²) in [6.07, 6.45) is 1.84. The number of hydrogen-bond acceptors (Lipinski definition) is 2. The molecule has 0 unspecified atom stereocenters. The van der Waals surface area contributed by atoms with Crippen molar-refractivity contribution in [2.75, 3.05) is 13.6 Å². The van der Waals surface area contributed by atoms with E-state index in [1.165, 1.54) is 18.0 Å². The Morgan fingerprint density at radius 1 is 1.70 bits per heavy atom. The van der Waals surface area contributed by atoms with Crippen LogP contribution in [0, 0.1) is 0 Å². The fraction of sp³-hybridized carbons (Fsp3) is 0.333. The lowest BCUT2D eigenvalue weighted by Crippen LogP contribution is -2.26. The molecule has 0 aliphatic rings.